The Morgan fingerprint density at radius 2 is 1.06 bits per heavy atom. The Balaban J connectivity index is 1.11. The van der Waals surface area contributed by atoms with E-state index in [1.807, 2.05) is 6.07 Å². The molecule has 1 aliphatic rings. The molecule has 1 aliphatic carbocycles. The van der Waals surface area contributed by atoms with Gasteiger partial charge in [0.2, 0.25) is 0 Å². The topological polar surface area (TPSA) is 16.4 Å². The molecule has 2 nitrogen and oxygen atoms in total. The fourth-order valence-corrected chi connectivity index (χ4v) is 8.29. The molecule has 51 heavy (non-hydrogen) atoms. The summed E-state index contributed by atoms with van der Waals surface area (Å²) in [6, 6.07) is 63.6. The first-order valence-corrected chi connectivity index (χ1v) is 17.7. The van der Waals surface area contributed by atoms with Crippen molar-refractivity contribution >= 4 is 49.8 Å². The molecule has 8 aromatic carbocycles. The maximum Gasteiger partial charge on any atom is 0.143 e. The fourth-order valence-electron chi connectivity index (χ4n) is 8.29. The molecular formula is C49H35NO. The Hall–Kier alpha value is -6.38. The van der Waals surface area contributed by atoms with Crippen LogP contribution in [0.1, 0.15) is 25.0 Å². The van der Waals surface area contributed by atoms with E-state index in [9.17, 15) is 0 Å². The second-order valence-electron chi connectivity index (χ2n) is 14.1. The average Bonchev–Trinajstić information content (AvgIpc) is 3.68. The molecule has 0 unspecified atom stereocenters. The van der Waals surface area contributed by atoms with E-state index < -0.39 is 0 Å². The molecule has 0 spiro atoms. The minimum absolute atomic E-state index is 0.0923. The minimum Gasteiger partial charge on any atom is -0.455 e. The van der Waals surface area contributed by atoms with Crippen molar-refractivity contribution < 1.29 is 4.42 Å². The number of benzene rings is 8. The number of rotatable bonds is 5. The van der Waals surface area contributed by atoms with Gasteiger partial charge >= 0.3 is 0 Å². The maximum absolute atomic E-state index is 6.52. The van der Waals surface area contributed by atoms with Gasteiger partial charge in [-0.25, -0.2) is 0 Å². The van der Waals surface area contributed by atoms with Crippen LogP contribution < -0.4 is 4.90 Å². The number of para-hydroxylation sites is 1. The van der Waals surface area contributed by atoms with Crippen molar-refractivity contribution in [1.29, 1.82) is 0 Å². The highest BCUT2D eigenvalue weighted by Crippen LogP contribution is 2.51. The molecule has 0 saturated heterocycles. The van der Waals surface area contributed by atoms with E-state index in [4.69, 9.17) is 4.42 Å². The third-order valence-electron chi connectivity index (χ3n) is 10.9. The van der Waals surface area contributed by atoms with Gasteiger partial charge < -0.3 is 9.32 Å². The average molecular weight is 654 g/mol. The zero-order chi connectivity index (χ0) is 34.1. The van der Waals surface area contributed by atoms with Crippen molar-refractivity contribution in [1.82, 2.24) is 0 Å². The summed E-state index contributed by atoms with van der Waals surface area (Å²) in [4.78, 5) is 2.39. The molecule has 0 aliphatic heterocycles. The molecule has 1 heterocycles. The van der Waals surface area contributed by atoms with Crippen molar-refractivity contribution in [3.8, 4) is 33.4 Å². The van der Waals surface area contributed by atoms with Crippen molar-refractivity contribution in [2.45, 2.75) is 19.3 Å². The minimum atomic E-state index is -0.0923. The van der Waals surface area contributed by atoms with Crippen LogP contribution in [0.2, 0.25) is 0 Å². The maximum atomic E-state index is 6.52. The first-order chi connectivity index (χ1) is 25.0. The van der Waals surface area contributed by atoms with Crippen LogP contribution in [0.3, 0.4) is 0 Å². The van der Waals surface area contributed by atoms with Gasteiger partial charge in [0, 0.05) is 38.6 Å². The van der Waals surface area contributed by atoms with Gasteiger partial charge in [-0.3, -0.25) is 0 Å². The third-order valence-corrected chi connectivity index (χ3v) is 10.9. The van der Waals surface area contributed by atoms with Gasteiger partial charge in [0.15, 0.2) is 0 Å². The molecule has 0 bridgehead atoms. The van der Waals surface area contributed by atoms with Crippen molar-refractivity contribution in [3.63, 3.8) is 0 Å². The summed E-state index contributed by atoms with van der Waals surface area (Å²) >= 11 is 0. The molecule has 0 amide bonds. The molecule has 0 saturated carbocycles. The quantitative estimate of drug-likeness (QED) is 0.184. The summed E-state index contributed by atoms with van der Waals surface area (Å²) in [5.41, 5.74) is 15.3. The van der Waals surface area contributed by atoms with E-state index in [-0.39, 0.29) is 5.41 Å². The van der Waals surface area contributed by atoms with Gasteiger partial charge in [-0.15, -0.1) is 0 Å². The van der Waals surface area contributed by atoms with Crippen LogP contribution in [0.5, 0.6) is 0 Å². The van der Waals surface area contributed by atoms with Gasteiger partial charge in [0.1, 0.15) is 11.2 Å². The molecule has 0 N–H and O–H groups in total. The second kappa shape index (κ2) is 11.3. The molecule has 1 aromatic heterocycles. The smallest absolute Gasteiger partial charge is 0.143 e. The van der Waals surface area contributed by atoms with E-state index in [1.54, 1.807) is 0 Å². The Bertz CT molecular complexity index is 2750. The highest BCUT2D eigenvalue weighted by atomic mass is 16.3. The van der Waals surface area contributed by atoms with Crippen LogP contribution in [0.25, 0.3) is 66.1 Å². The summed E-state index contributed by atoms with van der Waals surface area (Å²) in [5, 5.41) is 4.61. The number of hydrogen-bond acceptors (Lipinski definition) is 2. The highest BCUT2D eigenvalue weighted by molar-refractivity contribution is 6.18. The van der Waals surface area contributed by atoms with E-state index in [2.05, 4.69) is 189 Å². The lowest BCUT2D eigenvalue weighted by atomic mass is 9.82. The lowest BCUT2D eigenvalue weighted by Crippen LogP contribution is -2.16. The number of nitrogens with zero attached hydrogens (tertiary/aromatic N) is 1. The van der Waals surface area contributed by atoms with Crippen molar-refractivity contribution in [2.75, 3.05) is 4.90 Å². The van der Waals surface area contributed by atoms with Gasteiger partial charge in [-0.2, -0.15) is 0 Å². The summed E-state index contributed by atoms with van der Waals surface area (Å²) < 4.78 is 6.52. The summed E-state index contributed by atoms with van der Waals surface area (Å²) in [5.74, 6) is 0. The van der Waals surface area contributed by atoms with Crippen LogP contribution in [0.15, 0.2) is 180 Å². The van der Waals surface area contributed by atoms with E-state index in [0.29, 0.717) is 0 Å². The van der Waals surface area contributed by atoms with Gasteiger partial charge in [-0.1, -0.05) is 141 Å². The zero-order valence-electron chi connectivity index (χ0n) is 28.6. The molecule has 0 atom stereocenters. The number of hydrogen-bond donors (Lipinski definition) is 0. The molecule has 242 valence electrons. The molecule has 0 radical (unpaired) electrons. The molecule has 10 rings (SSSR count). The Labute approximate surface area is 297 Å². The standard InChI is InChI=1S/C49H35NO/c1-49(2)44-17-8-6-14-40(44)41-30-28-38(31-45(41)49)50(36-24-19-33(20-25-36)32-11-4-3-5-12-32)37-26-21-34(22-27-37)39-16-10-13-35-23-29-43-42-15-7-9-18-46(42)51-48(43)47(35)39/h3-31H,1-2H3. The molecular weight excluding hydrogens is 619 g/mol. The van der Waals surface area contributed by atoms with Gasteiger partial charge in [0.25, 0.3) is 0 Å². The Kier molecular flexibility index (Phi) is 6.56. The Morgan fingerprint density at radius 1 is 0.431 bits per heavy atom. The summed E-state index contributed by atoms with van der Waals surface area (Å²) in [6.45, 7) is 4.69. The van der Waals surface area contributed by atoms with Crippen LogP contribution in [-0.4, -0.2) is 0 Å². The molecule has 0 fully saturated rings. The molecule has 2 heteroatoms. The predicted molar refractivity (Wildman–Crippen MR) is 214 cm³/mol. The van der Waals surface area contributed by atoms with E-state index in [0.717, 1.165) is 50.0 Å². The first kappa shape index (κ1) is 29.5. The van der Waals surface area contributed by atoms with Crippen LogP contribution in [-0.2, 0) is 5.41 Å². The summed E-state index contributed by atoms with van der Waals surface area (Å²) in [6.07, 6.45) is 0. The van der Waals surface area contributed by atoms with Crippen LogP contribution in [0.4, 0.5) is 17.1 Å². The largest absolute Gasteiger partial charge is 0.455 e. The van der Waals surface area contributed by atoms with Crippen molar-refractivity contribution in [2.24, 2.45) is 0 Å². The zero-order valence-corrected chi connectivity index (χ0v) is 28.6. The first-order valence-electron chi connectivity index (χ1n) is 17.7. The van der Waals surface area contributed by atoms with Gasteiger partial charge in [-0.05, 0) is 98.4 Å². The lowest BCUT2D eigenvalue weighted by molar-refractivity contribution is 0.660. The third kappa shape index (κ3) is 4.64. The van der Waals surface area contributed by atoms with E-state index in [1.165, 1.54) is 44.3 Å². The fraction of sp³-hybridized carbons (Fsp3) is 0.0612. The summed E-state index contributed by atoms with van der Waals surface area (Å²) in [7, 11) is 0. The number of anilines is 3. The molecule has 9 aromatic rings. The second-order valence-corrected chi connectivity index (χ2v) is 14.1. The van der Waals surface area contributed by atoms with Crippen LogP contribution >= 0.6 is 0 Å². The van der Waals surface area contributed by atoms with Gasteiger partial charge in [0.05, 0.1) is 0 Å². The van der Waals surface area contributed by atoms with Crippen molar-refractivity contribution in [3.05, 3.63) is 187 Å². The predicted octanol–water partition coefficient (Wildman–Crippen LogP) is 13.8. The number of furan rings is 1. The highest BCUT2D eigenvalue weighted by Gasteiger charge is 2.35. The monoisotopic (exact) mass is 653 g/mol. The van der Waals surface area contributed by atoms with Crippen LogP contribution in [0, 0.1) is 0 Å². The Morgan fingerprint density at radius 3 is 1.86 bits per heavy atom. The SMILES string of the molecule is CC1(C)c2ccccc2-c2ccc(N(c3ccc(-c4ccccc4)cc3)c3ccc(-c4cccc5ccc6c7ccccc7oc6c45)cc3)cc21. The lowest BCUT2D eigenvalue weighted by Gasteiger charge is -2.28. The number of fused-ring (bicyclic) bond motifs is 8. The van der Waals surface area contributed by atoms with E-state index >= 15 is 0 Å². The normalized spacial score (nSPS) is 13.1.